The minimum atomic E-state index is -0.635. The molecule has 30 heavy (non-hydrogen) atoms. The highest BCUT2D eigenvalue weighted by atomic mass is 16.5. The summed E-state index contributed by atoms with van der Waals surface area (Å²) in [5, 5.41) is 2.91. The van der Waals surface area contributed by atoms with E-state index in [1.807, 2.05) is 69.3 Å². The van der Waals surface area contributed by atoms with Crippen molar-refractivity contribution in [3.63, 3.8) is 0 Å². The van der Waals surface area contributed by atoms with Crippen LogP contribution in [-0.4, -0.2) is 43.0 Å². The standard InChI is InChI=1S/C24H32N2O4/c1-17(2)14-25-24(28)19(4)26(15-20-7-6-8-22(13-20)29-5)23(27)16-30-21-11-9-18(3)10-12-21/h6-13,17,19H,14-16H2,1-5H3,(H,25,28)/t19-/m0/s1. The van der Waals surface area contributed by atoms with Crippen molar-refractivity contribution in [3.05, 3.63) is 59.7 Å². The SMILES string of the molecule is COc1cccc(CN(C(=O)COc2ccc(C)cc2)[C@@H](C)C(=O)NCC(C)C)c1. The van der Waals surface area contributed by atoms with Gasteiger partial charge in [0.2, 0.25) is 5.91 Å². The van der Waals surface area contributed by atoms with Crippen molar-refractivity contribution in [1.82, 2.24) is 10.2 Å². The molecule has 0 heterocycles. The summed E-state index contributed by atoms with van der Waals surface area (Å²) >= 11 is 0. The second-order valence-electron chi connectivity index (χ2n) is 7.79. The zero-order chi connectivity index (χ0) is 22.1. The molecule has 0 radical (unpaired) electrons. The number of hydrogen-bond acceptors (Lipinski definition) is 4. The Morgan fingerprint density at radius 2 is 1.73 bits per heavy atom. The van der Waals surface area contributed by atoms with Gasteiger partial charge in [-0.1, -0.05) is 43.7 Å². The van der Waals surface area contributed by atoms with Crippen LogP contribution in [0.2, 0.25) is 0 Å². The van der Waals surface area contributed by atoms with Crippen molar-refractivity contribution in [3.8, 4) is 11.5 Å². The highest BCUT2D eigenvalue weighted by Crippen LogP contribution is 2.17. The van der Waals surface area contributed by atoms with Crippen LogP contribution in [-0.2, 0) is 16.1 Å². The Morgan fingerprint density at radius 3 is 2.37 bits per heavy atom. The molecule has 2 rings (SSSR count). The summed E-state index contributed by atoms with van der Waals surface area (Å²) < 4.78 is 10.9. The molecule has 0 saturated heterocycles. The maximum atomic E-state index is 13.0. The number of aryl methyl sites for hydroxylation is 1. The van der Waals surface area contributed by atoms with Crippen LogP contribution in [0.15, 0.2) is 48.5 Å². The zero-order valence-corrected chi connectivity index (χ0v) is 18.5. The molecule has 6 nitrogen and oxygen atoms in total. The van der Waals surface area contributed by atoms with Gasteiger partial charge in [-0.25, -0.2) is 0 Å². The highest BCUT2D eigenvalue weighted by Gasteiger charge is 2.26. The lowest BCUT2D eigenvalue weighted by atomic mass is 10.1. The summed E-state index contributed by atoms with van der Waals surface area (Å²) in [6.07, 6.45) is 0. The molecule has 1 N–H and O–H groups in total. The minimum Gasteiger partial charge on any atom is -0.497 e. The molecule has 0 aromatic heterocycles. The fraction of sp³-hybridized carbons (Fsp3) is 0.417. The number of nitrogens with one attached hydrogen (secondary N) is 1. The van der Waals surface area contributed by atoms with Crippen molar-refractivity contribution in [2.24, 2.45) is 5.92 Å². The van der Waals surface area contributed by atoms with E-state index in [2.05, 4.69) is 5.32 Å². The molecular weight excluding hydrogens is 380 g/mol. The van der Waals surface area contributed by atoms with E-state index in [0.717, 1.165) is 11.1 Å². The monoisotopic (exact) mass is 412 g/mol. The van der Waals surface area contributed by atoms with Crippen molar-refractivity contribution < 1.29 is 19.1 Å². The fourth-order valence-electron chi connectivity index (χ4n) is 2.87. The van der Waals surface area contributed by atoms with Gasteiger partial charge < -0.3 is 19.7 Å². The van der Waals surface area contributed by atoms with E-state index in [9.17, 15) is 9.59 Å². The van der Waals surface area contributed by atoms with Gasteiger partial charge in [0.25, 0.3) is 5.91 Å². The quantitative estimate of drug-likeness (QED) is 0.648. The van der Waals surface area contributed by atoms with Gasteiger partial charge in [-0.05, 0) is 49.6 Å². The first-order valence-corrected chi connectivity index (χ1v) is 10.2. The number of methoxy groups -OCH3 is 1. The summed E-state index contributed by atoms with van der Waals surface area (Å²) in [4.78, 5) is 27.2. The number of hydrogen-bond donors (Lipinski definition) is 1. The lowest BCUT2D eigenvalue weighted by Gasteiger charge is -2.29. The fourth-order valence-corrected chi connectivity index (χ4v) is 2.87. The summed E-state index contributed by atoms with van der Waals surface area (Å²) in [5.41, 5.74) is 1.99. The number of amides is 2. The predicted molar refractivity (Wildman–Crippen MR) is 118 cm³/mol. The van der Waals surface area contributed by atoms with Gasteiger partial charge in [-0.15, -0.1) is 0 Å². The largest absolute Gasteiger partial charge is 0.497 e. The van der Waals surface area contributed by atoms with Gasteiger partial charge in [0, 0.05) is 13.1 Å². The first-order valence-electron chi connectivity index (χ1n) is 10.2. The number of rotatable bonds is 10. The Morgan fingerprint density at radius 1 is 1.03 bits per heavy atom. The average molecular weight is 413 g/mol. The summed E-state index contributed by atoms with van der Waals surface area (Å²) in [6, 6.07) is 14.3. The predicted octanol–water partition coefficient (Wildman–Crippen LogP) is 3.57. The normalized spacial score (nSPS) is 11.7. The van der Waals surface area contributed by atoms with Crippen LogP contribution >= 0.6 is 0 Å². The Hall–Kier alpha value is -3.02. The van der Waals surface area contributed by atoms with Crippen LogP contribution in [0.25, 0.3) is 0 Å². The Balaban J connectivity index is 2.14. The third kappa shape index (κ3) is 7.10. The Bertz CT molecular complexity index is 833. The second kappa shape index (κ2) is 11.2. The topological polar surface area (TPSA) is 67.9 Å². The lowest BCUT2D eigenvalue weighted by Crippen LogP contribution is -2.49. The molecule has 162 valence electrons. The molecule has 2 amide bonds. The number of nitrogens with zero attached hydrogens (tertiary/aromatic N) is 1. The van der Waals surface area contributed by atoms with Crippen molar-refractivity contribution in [2.75, 3.05) is 20.3 Å². The van der Waals surface area contributed by atoms with Crippen LogP contribution in [0.1, 0.15) is 31.9 Å². The van der Waals surface area contributed by atoms with Gasteiger partial charge in [0.15, 0.2) is 6.61 Å². The smallest absolute Gasteiger partial charge is 0.261 e. The number of benzene rings is 2. The first kappa shape index (κ1) is 23.3. The average Bonchev–Trinajstić information content (AvgIpc) is 2.74. The third-order valence-electron chi connectivity index (χ3n) is 4.72. The van der Waals surface area contributed by atoms with Crippen molar-refractivity contribution >= 4 is 11.8 Å². The summed E-state index contributed by atoms with van der Waals surface area (Å²) in [6.45, 7) is 8.48. The van der Waals surface area contributed by atoms with Gasteiger partial charge in [0.05, 0.1) is 7.11 Å². The van der Waals surface area contributed by atoms with Gasteiger partial charge in [-0.3, -0.25) is 9.59 Å². The van der Waals surface area contributed by atoms with E-state index in [1.54, 1.807) is 18.9 Å². The van der Waals surface area contributed by atoms with E-state index < -0.39 is 6.04 Å². The molecular formula is C24H32N2O4. The summed E-state index contributed by atoms with van der Waals surface area (Å²) in [5.74, 6) is 1.20. The second-order valence-corrected chi connectivity index (χ2v) is 7.79. The van der Waals surface area contributed by atoms with Crippen molar-refractivity contribution in [1.29, 1.82) is 0 Å². The Labute approximate surface area is 179 Å². The molecule has 0 saturated carbocycles. The van der Waals surface area contributed by atoms with Gasteiger partial charge in [0.1, 0.15) is 17.5 Å². The zero-order valence-electron chi connectivity index (χ0n) is 18.5. The number of ether oxygens (including phenoxy) is 2. The van der Waals surface area contributed by atoms with Gasteiger partial charge >= 0.3 is 0 Å². The lowest BCUT2D eigenvalue weighted by molar-refractivity contribution is -0.142. The molecule has 2 aromatic carbocycles. The molecule has 1 atom stereocenters. The molecule has 0 aliphatic rings. The summed E-state index contributed by atoms with van der Waals surface area (Å²) in [7, 11) is 1.60. The van der Waals surface area contributed by atoms with Crippen molar-refractivity contribution in [2.45, 2.75) is 40.3 Å². The molecule has 2 aromatic rings. The maximum Gasteiger partial charge on any atom is 0.261 e. The first-order chi connectivity index (χ1) is 14.3. The van der Waals surface area contributed by atoms with Gasteiger partial charge in [-0.2, -0.15) is 0 Å². The van der Waals surface area contributed by atoms with E-state index in [4.69, 9.17) is 9.47 Å². The Kier molecular flexibility index (Phi) is 8.71. The van der Waals surface area contributed by atoms with E-state index in [1.165, 1.54) is 0 Å². The molecule has 0 unspecified atom stereocenters. The van der Waals surface area contributed by atoms with E-state index in [-0.39, 0.29) is 25.0 Å². The number of carbonyl (C=O) groups is 2. The number of carbonyl (C=O) groups excluding carboxylic acids is 2. The van der Waals surface area contributed by atoms with Crippen LogP contribution in [0.3, 0.4) is 0 Å². The van der Waals surface area contributed by atoms with E-state index >= 15 is 0 Å². The third-order valence-corrected chi connectivity index (χ3v) is 4.72. The molecule has 0 aliphatic carbocycles. The van der Waals surface area contributed by atoms with Crippen LogP contribution in [0, 0.1) is 12.8 Å². The molecule has 0 fully saturated rings. The molecule has 0 spiro atoms. The molecule has 0 aliphatic heterocycles. The maximum absolute atomic E-state index is 13.0. The van der Waals surface area contributed by atoms with Crippen LogP contribution in [0.5, 0.6) is 11.5 Å². The van der Waals surface area contributed by atoms with E-state index in [0.29, 0.717) is 24.0 Å². The van der Waals surface area contributed by atoms with Crippen LogP contribution < -0.4 is 14.8 Å². The highest BCUT2D eigenvalue weighted by molar-refractivity contribution is 5.88. The molecule has 0 bridgehead atoms. The minimum absolute atomic E-state index is 0.144. The van der Waals surface area contributed by atoms with Crippen LogP contribution in [0.4, 0.5) is 0 Å². The molecule has 6 heteroatoms.